The lowest BCUT2D eigenvalue weighted by Crippen LogP contribution is -2.09. The Morgan fingerprint density at radius 1 is 1.15 bits per heavy atom. The zero-order valence-corrected chi connectivity index (χ0v) is 11.5. The second kappa shape index (κ2) is 8.06. The summed E-state index contributed by atoms with van der Waals surface area (Å²) in [6.07, 6.45) is 2.54. The molecule has 0 unspecified atom stereocenters. The Bertz CT molecular complexity index is 506. The molecule has 1 heterocycles. The van der Waals surface area contributed by atoms with Crippen LogP contribution in [0.2, 0.25) is 0 Å². The van der Waals surface area contributed by atoms with Crippen LogP contribution < -0.4 is 10.6 Å². The van der Waals surface area contributed by atoms with E-state index in [2.05, 4.69) is 25.8 Å². The second-order valence-corrected chi connectivity index (χ2v) is 4.28. The Morgan fingerprint density at radius 2 is 2.00 bits per heavy atom. The maximum absolute atomic E-state index is 4.99. The summed E-state index contributed by atoms with van der Waals surface area (Å²) in [5.41, 5.74) is 1.18. The fourth-order valence-electron chi connectivity index (χ4n) is 1.67. The van der Waals surface area contributed by atoms with Crippen molar-refractivity contribution in [3.63, 3.8) is 0 Å². The number of hydrogen-bond acceptors (Lipinski definition) is 6. The van der Waals surface area contributed by atoms with Crippen molar-refractivity contribution < 1.29 is 4.74 Å². The first-order valence-electron chi connectivity index (χ1n) is 6.59. The molecule has 0 atom stereocenters. The maximum Gasteiger partial charge on any atom is 0.244 e. The van der Waals surface area contributed by atoms with E-state index in [0.717, 1.165) is 19.6 Å². The zero-order chi connectivity index (χ0) is 14.0. The topological polar surface area (TPSA) is 72.0 Å². The van der Waals surface area contributed by atoms with E-state index < -0.39 is 0 Å². The average Bonchev–Trinajstić information content (AvgIpc) is 2.51. The van der Waals surface area contributed by atoms with Gasteiger partial charge in [0.05, 0.1) is 6.20 Å². The van der Waals surface area contributed by atoms with Crippen molar-refractivity contribution in [2.45, 2.75) is 13.0 Å². The van der Waals surface area contributed by atoms with Crippen molar-refractivity contribution in [3.8, 4) is 0 Å². The third-order valence-electron chi connectivity index (χ3n) is 2.68. The van der Waals surface area contributed by atoms with Crippen LogP contribution in [0, 0.1) is 0 Å². The Hall–Kier alpha value is -2.21. The highest BCUT2D eigenvalue weighted by atomic mass is 16.5. The van der Waals surface area contributed by atoms with Gasteiger partial charge in [-0.25, -0.2) is 0 Å². The molecule has 0 spiro atoms. The van der Waals surface area contributed by atoms with Crippen LogP contribution in [-0.4, -0.2) is 35.4 Å². The molecule has 0 amide bonds. The van der Waals surface area contributed by atoms with E-state index in [0.29, 0.717) is 18.3 Å². The van der Waals surface area contributed by atoms with E-state index in [1.54, 1.807) is 13.3 Å². The molecule has 2 N–H and O–H groups in total. The highest BCUT2D eigenvalue weighted by molar-refractivity contribution is 5.37. The number of hydrogen-bond donors (Lipinski definition) is 2. The van der Waals surface area contributed by atoms with Gasteiger partial charge in [0.1, 0.15) is 0 Å². The van der Waals surface area contributed by atoms with Gasteiger partial charge in [-0.1, -0.05) is 30.3 Å². The molecule has 20 heavy (non-hydrogen) atoms. The summed E-state index contributed by atoms with van der Waals surface area (Å²) in [6, 6.07) is 10.1. The van der Waals surface area contributed by atoms with Crippen molar-refractivity contribution in [3.05, 3.63) is 42.1 Å². The van der Waals surface area contributed by atoms with Crippen LogP contribution in [0.5, 0.6) is 0 Å². The lowest BCUT2D eigenvalue weighted by Gasteiger charge is -2.07. The number of methoxy groups -OCH3 is 1. The molecule has 0 radical (unpaired) electrons. The predicted octanol–water partition coefficient (Wildman–Crippen LogP) is 1.93. The zero-order valence-electron chi connectivity index (χ0n) is 11.5. The van der Waals surface area contributed by atoms with Crippen LogP contribution in [0.3, 0.4) is 0 Å². The van der Waals surface area contributed by atoms with Gasteiger partial charge in [0.15, 0.2) is 5.82 Å². The minimum Gasteiger partial charge on any atom is -0.385 e. The van der Waals surface area contributed by atoms with E-state index in [1.807, 2.05) is 30.3 Å². The molecule has 2 aromatic rings. The van der Waals surface area contributed by atoms with Crippen molar-refractivity contribution in [1.82, 2.24) is 15.2 Å². The van der Waals surface area contributed by atoms with Gasteiger partial charge in [-0.15, -0.1) is 5.10 Å². The van der Waals surface area contributed by atoms with Crippen molar-refractivity contribution in [2.75, 3.05) is 30.9 Å². The molecule has 2 rings (SSSR count). The lowest BCUT2D eigenvalue weighted by molar-refractivity contribution is 0.197. The third-order valence-corrected chi connectivity index (χ3v) is 2.68. The van der Waals surface area contributed by atoms with Gasteiger partial charge in [-0.05, 0) is 12.0 Å². The Balaban J connectivity index is 1.83. The van der Waals surface area contributed by atoms with Crippen molar-refractivity contribution in [1.29, 1.82) is 0 Å². The molecule has 0 saturated carbocycles. The van der Waals surface area contributed by atoms with Gasteiger partial charge < -0.3 is 15.4 Å². The Morgan fingerprint density at radius 3 is 2.80 bits per heavy atom. The summed E-state index contributed by atoms with van der Waals surface area (Å²) in [4.78, 5) is 4.35. The monoisotopic (exact) mass is 273 g/mol. The van der Waals surface area contributed by atoms with Crippen molar-refractivity contribution >= 4 is 11.8 Å². The van der Waals surface area contributed by atoms with Gasteiger partial charge in [-0.3, -0.25) is 0 Å². The molecule has 0 fully saturated rings. The SMILES string of the molecule is COCCCNc1cnnc(NCc2ccccc2)n1. The largest absolute Gasteiger partial charge is 0.385 e. The van der Waals surface area contributed by atoms with E-state index in [9.17, 15) is 0 Å². The average molecular weight is 273 g/mol. The summed E-state index contributed by atoms with van der Waals surface area (Å²) < 4.78 is 4.99. The normalized spacial score (nSPS) is 10.2. The molecule has 1 aromatic heterocycles. The fourth-order valence-corrected chi connectivity index (χ4v) is 1.67. The molecule has 1 aromatic carbocycles. The van der Waals surface area contributed by atoms with Crippen LogP contribution in [0.25, 0.3) is 0 Å². The summed E-state index contributed by atoms with van der Waals surface area (Å²) in [5, 5.41) is 14.2. The number of nitrogens with one attached hydrogen (secondary N) is 2. The number of rotatable bonds is 8. The van der Waals surface area contributed by atoms with Gasteiger partial charge in [0.25, 0.3) is 0 Å². The number of benzene rings is 1. The number of nitrogens with zero attached hydrogens (tertiary/aromatic N) is 3. The van der Waals surface area contributed by atoms with E-state index in [-0.39, 0.29) is 0 Å². The molecule has 0 aliphatic carbocycles. The van der Waals surface area contributed by atoms with Crippen LogP contribution in [-0.2, 0) is 11.3 Å². The van der Waals surface area contributed by atoms with Gasteiger partial charge >= 0.3 is 0 Å². The van der Waals surface area contributed by atoms with Crippen LogP contribution in [0.1, 0.15) is 12.0 Å². The quantitative estimate of drug-likeness (QED) is 0.716. The number of anilines is 2. The Labute approximate surface area is 118 Å². The van der Waals surface area contributed by atoms with E-state index in [1.165, 1.54) is 5.56 Å². The molecular weight excluding hydrogens is 254 g/mol. The minimum absolute atomic E-state index is 0.519. The number of aromatic nitrogens is 3. The molecule has 6 nitrogen and oxygen atoms in total. The standard InChI is InChI=1S/C14H19N5O/c1-20-9-5-8-15-13-11-17-19-14(18-13)16-10-12-6-3-2-4-7-12/h2-4,6-7,11H,5,8-10H2,1H3,(H2,15,16,18,19). The first-order valence-corrected chi connectivity index (χ1v) is 6.59. The molecule has 106 valence electrons. The summed E-state index contributed by atoms with van der Waals surface area (Å²) >= 11 is 0. The second-order valence-electron chi connectivity index (χ2n) is 4.28. The van der Waals surface area contributed by atoms with E-state index in [4.69, 9.17) is 4.74 Å². The van der Waals surface area contributed by atoms with Crippen LogP contribution in [0.15, 0.2) is 36.5 Å². The van der Waals surface area contributed by atoms with Gasteiger partial charge in [-0.2, -0.15) is 10.1 Å². The lowest BCUT2D eigenvalue weighted by atomic mass is 10.2. The smallest absolute Gasteiger partial charge is 0.244 e. The highest BCUT2D eigenvalue weighted by Crippen LogP contribution is 2.06. The van der Waals surface area contributed by atoms with Crippen LogP contribution in [0.4, 0.5) is 11.8 Å². The van der Waals surface area contributed by atoms with Crippen LogP contribution >= 0.6 is 0 Å². The fraction of sp³-hybridized carbons (Fsp3) is 0.357. The summed E-state index contributed by atoms with van der Waals surface area (Å²) in [6.45, 7) is 2.20. The third kappa shape index (κ3) is 4.81. The molecule has 6 heteroatoms. The summed E-state index contributed by atoms with van der Waals surface area (Å²) in [5.74, 6) is 1.23. The first-order chi connectivity index (χ1) is 9.88. The predicted molar refractivity (Wildman–Crippen MR) is 78.6 cm³/mol. The molecule has 0 aliphatic rings. The van der Waals surface area contributed by atoms with Gasteiger partial charge in [0.2, 0.25) is 5.95 Å². The molecule has 0 aliphatic heterocycles. The Kier molecular flexibility index (Phi) is 5.72. The minimum atomic E-state index is 0.519. The first kappa shape index (κ1) is 14.2. The molecule has 0 bridgehead atoms. The highest BCUT2D eigenvalue weighted by Gasteiger charge is 2.00. The molecular formula is C14H19N5O. The number of ether oxygens (including phenoxy) is 1. The van der Waals surface area contributed by atoms with Crippen molar-refractivity contribution in [2.24, 2.45) is 0 Å². The maximum atomic E-state index is 4.99. The molecule has 0 saturated heterocycles. The summed E-state index contributed by atoms with van der Waals surface area (Å²) in [7, 11) is 1.69. The van der Waals surface area contributed by atoms with E-state index >= 15 is 0 Å². The van der Waals surface area contributed by atoms with Gasteiger partial charge in [0, 0.05) is 26.8 Å².